The maximum atomic E-state index is 14.0. The Hall–Kier alpha value is -3.83. The molecular weight excluding hydrogens is 516 g/mol. The zero-order chi connectivity index (χ0) is 29.4. The lowest BCUT2D eigenvalue weighted by molar-refractivity contribution is -0.536. The number of nitrogens with one attached hydrogen (secondary N) is 1. The first kappa shape index (κ1) is 30.7. The van der Waals surface area contributed by atoms with Gasteiger partial charge in [0.15, 0.2) is 0 Å². The molecule has 2 aromatic rings. The van der Waals surface area contributed by atoms with Gasteiger partial charge in [0.05, 0.1) is 31.6 Å². The fraction of sp³-hybridized carbons (Fsp3) is 0.483. The number of carbonyl (C=O) groups is 3. The van der Waals surface area contributed by atoms with Crippen LogP contribution in [0.1, 0.15) is 50.8 Å². The Morgan fingerprint density at radius 1 is 1.15 bits per heavy atom. The number of nitro groups is 1. The first-order chi connectivity index (χ1) is 19.1. The fourth-order valence-corrected chi connectivity index (χ4v) is 5.74. The first-order valence-corrected chi connectivity index (χ1v) is 13.4. The summed E-state index contributed by atoms with van der Waals surface area (Å²) in [5.74, 6) is -3.76. The minimum atomic E-state index is -1.78. The van der Waals surface area contributed by atoms with Crippen LogP contribution in [0.5, 0.6) is 0 Å². The van der Waals surface area contributed by atoms with Crippen LogP contribution in [0.15, 0.2) is 60.7 Å². The molecule has 1 saturated heterocycles. The van der Waals surface area contributed by atoms with E-state index in [1.807, 2.05) is 44.2 Å². The first-order valence-electron chi connectivity index (χ1n) is 13.4. The number of ether oxygens (including phenoxy) is 1. The molecule has 1 aliphatic rings. The van der Waals surface area contributed by atoms with Gasteiger partial charge in [0.25, 0.3) is 0 Å². The van der Waals surface area contributed by atoms with Gasteiger partial charge in [-0.25, -0.2) is 0 Å². The van der Waals surface area contributed by atoms with Crippen molar-refractivity contribution in [1.82, 2.24) is 10.2 Å². The number of likely N-dealkylation sites (tertiary alicyclic amines) is 1. The van der Waals surface area contributed by atoms with E-state index in [0.717, 1.165) is 5.56 Å². The number of nitrogens with zero attached hydrogens (tertiary/aromatic N) is 2. The molecule has 0 aliphatic carbocycles. The molecule has 1 aliphatic heterocycles. The molecule has 0 unspecified atom stereocenters. The van der Waals surface area contributed by atoms with Crippen molar-refractivity contribution in [1.29, 1.82) is 0 Å². The molecule has 2 amide bonds. The smallest absolute Gasteiger partial charge is 0.305 e. The van der Waals surface area contributed by atoms with E-state index in [-0.39, 0.29) is 25.5 Å². The molecule has 0 radical (unpaired) electrons. The van der Waals surface area contributed by atoms with Crippen LogP contribution < -0.4 is 11.1 Å². The van der Waals surface area contributed by atoms with Crippen LogP contribution in [0, 0.1) is 22.0 Å². The predicted molar refractivity (Wildman–Crippen MR) is 147 cm³/mol. The highest BCUT2D eigenvalue weighted by Gasteiger charge is 2.69. The van der Waals surface area contributed by atoms with Crippen LogP contribution in [-0.2, 0) is 25.7 Å². The van der Waals surface area contributed by atoms with Gasteiger partial charge in [0.2, 0.25) is 17.9 Å². The summed E-state index contributed by atoms with van der Waals surface area (Å²) in [4.78, 5) is 52.4. The number of carboxylic acids is 1. The number of amides is 2. The maximum absolute atomic E-state index is 14.0. The molecule has 11 nitrogen and oxygen atoms in total. The van der Waals surface area contributed by atoms with Gasteiger partial charge in [0, 0.05) is 11.5 Å². The Kier molecular flexibility index (Phi) is 10.4. The summed E-state index contributed by atoms with van der Waals surface area (Å²) in [7, 11) is 0. The van der Waals surface area contributed by atoms with Gasteiger partial charge in [-0.2, -0.15) is 0 Å². The molecule has 0 aromatic heterocycles. The Balaban J connectivity index is 2.23. The highest BCUT2D eigenvalue weighted by molar-refractivity contribution is 5.93. The second kappa shape index (κ2) is 13.5. The summed E-state index contributed by atoms with van der Waals surface area (Å²) in [6.45, 7) is 4.80. The largest absolute Gasteiger partial charge is 0.481 e. The SMILES string of the molecule is CC[C@H](C)[C@H](OCc1ccccc1)[C@H]1[C@H]([N+](=O)[O-])[C@H](c2ccccc2)N(C(=O)CN)[C@]1(C)C(=O)NCCC(=O)O. The number of carboxylic acid groups (broad SMARTS) is 1. The Bertz CT molecular complexity index is 1180. The van der Waals surface area contributed by atoms with E-state index < -0.39 is 58.9 Å². The predicted octanol–water partition coefficient (Wildman–Crippen LogP) is 2.77. The third-order valence-electron chi connectivity index (χ3n) is 7.88. The molecule has 1 fully saturated rings. The second-order valence-corrected chi connectivity index (χ2v) is 10.3. The monoisotopic (exact) mass is 554 g/mol. The van der Waals surface area contributed by atoms with E-state index in [9.17, 15) is 24.5 Å². The van der Waals surface area contributed by atoms with E-state index in [0.29, 0.717) is 12.0 Å². The number of hydrogen-bond donors (Lipinski definition) is 3. The van der Waals surface area contributed by atoms with E-state index in [1.54, 1.807) is 30.3 Å². The molecule has 40 heavy (non-hydrogen) atoms. The number of rotatable bonds is 13. The van der Waals surface area contributed by atoms with Crippen molar-refractivity contribution >= 4 is 17.8 Å². The van der Waals surface area contributed by atoms with E-state index in [2.05, 4.69) is 5.32 Å². The quantitative estimate of drug-likeness (QED) is 0.251. The molecule has 4 N–H and O–H groups in total. The Morgan fingerprint density at radius 2 is 1.75 bits per heavy atom. The molecular formula is C29H38N4O7. The van der Waals surface area contributed by atoms with Gasteiger partial charge >= 0.3 is 5.97 Å². The second-order valence-electron chi connectivity index (χ2n) is 10.3. The van der Waals surface area contributed by atoms with Gasteiger partial charge < -0.3 is 25.8 Å². The van der Waals surface area contributed by atoms with Gasteiger partial charge in [0.1, 0.15) is 11.6 Å². The van der Waals surface area contributed by atoms with Gasteiger partial charge in [-0.3, -0.25) is 24.5 Å². The highest BCUT2D eigenvalue weighted by atomic mass is 16.6. The Labute approximate surface area is 233 Å². The number of hydrogen-bond acceptors (Lipinski definition) is 7. The average Bonchev–Trinajstić information content (AvgIpc) is 3.23. The van der Waals surface area contributed by atoms with Crippen LogP contribution >= 0.6 is 0 Å². The van der Waals surface area contributed by atoms with E-state index >= 15 is 0 Å². The van der Waals surface area contributed by atoms with E-state index in [1.165, 1.54) is 11.8 Å². The van der Waals surface area contributed by atoms with Gasteiger partial charge in [-0.15, -0.1) is 0 Å². The van der Waals surface area contributed by atoms with Crippen LogP contribution in [-0.4, -0.2) is 63.5 Å². The molecule has 3 rings (SSSR count). The molecule has 216 valence electrons. The Morgan fingerprint density at radius 3 is 2.27 bits per heavy atom. The normalized spacial score (nSPS) is 23.8. The van der Waals surface area contributed by atoms with Crippen LogP contribution in [0.2, 0.25) is 0 Å². The number of benzene rings is 2. The lowest BCUT2D eigenvalue weighted by atomic mass is 9.74. The average molecular weight is 555 g/mol. The van der Waals surface area contributed by atoms with Crippen molar-refractivity contribution in [2.75, 3.05) is 13.1 Å². The maximum Gasteiger partial charge on any atom is 0.305 e. The standard InChI is InChI=1S/C29H38N4O7/c1-4-19(2)27(40-18-20-11-7-5-8-12-20)24-26(33(38)39)25(21-13-9-6-10-14-21)32(22(34)17-30)29(24,3)28(37)31-16-15-23(35)36/h5-14,19,24-27H,4,15-18,30H2,1-3H3,(H,31,37)(H,35,36)/t19-,24+,25-,26-,27-,29-/m0/s1. The van der Waals surface area contributed by atoms with Crippen molar-refractivity contribution in [3.63, 3.8) is 0 Å². The lowest BCUT2D eigenvalue weighted by Gasteiger charge is -2.42. The molecule has 2 aromatic carbocycles. The topological polar surface area (TPSA) is 165 Å². The number of carbonyl (C=O) groups excluding carboxylic acids is 2. The van der Waals surface area contributed by atoms with Crippen LogP contribution in [0.4, 0.5) is 0 Å². The molecule has 6 atom stereocenters. The van der Waals surface area contributed by atoms with Crippen LogP contribution in [0.3, 0.4) is 0 Å². The molecule has 0 spiro atoms. The third kappa shape index (κ3) is 6.31. The van der Waals surface area contributed by atoms with Gasteiger partial charge in [-0.1, -0.05) is 80.9 Å². The number of nitrogens with two attached hydrogens (primary N) is 1. The lowest BCUT2D eigenvalue weighted by Crippen LogP contribution is -2.63. The van der Waals surface area contributed by atoms with Crippen molar-refractivity contribution in [3.05, 3.63) is 81.9 Å². The molecule has 0 saturated carbocycles. The summed E-state index contributed by atoms with van der Waals surface area (Å²) in [5.41, 5.74) is 5.38. The fourth-order valence-electron chi connectivity index (χ4n) is 5.74. The summed E-state index contributed by atoms with van der Waals surface area (Å²) >= 11 is 0. The zero-order valence-electron chi connectivity index (χ0n) is 23.1. The van der Waals surface area contributed by atoms with Crippen molar-refractivity contribution in [2.24, 2.45) is 17.6 Å². The summed E-state index contributed by atoms with van der Waals surface area (Å²) < 4.78 is 6.43. The molecule has 11 heteroatoms. The minimum Gasteiger partial charge on any atom is -0.481 e. The third-order valence-corrected chi connectivity index (χ3v) is 7.88. The van der Waals surface area contributed by atoms with Crippen molar-refractivity contribution < 1.29 is 29.2 Å². The highest BCUT2D eigenvalue weighted by Crippen LogP contribution is 2.51. The number of aliphatic carboxylic acids is 1. The van der Waals surface area contributed by atoms with E-state index in [4.69, 9.17) is 15.6 Å². The molecule has 0 bridgehead atoms. The minimum absolute atomic E-state index is 0.147. The van der Waals surface area contributed by atoms with Crippen LogP contribution in [0.25, 0.3) is 0 Å². The summed E-state index contributed by atoms with van der Waals surface area (Å²) in [5, 5.41) is 24.7. The summed E-state index contributed by atoms with van der Waals surface area (Å²) in [6.07, 6.45) is -0.562. The van der Waals surface area contributed by atoms with Crippen molar-refractivity contribution in [3.8, 4) is 0 Å². The molecule has 1 heterocycles. The van der Waals surface area contributed by atoms with Gasteiger partial charge in [-0.05, 0) is 24.0 Å². The summed E-state index contributed by atoms with van der Waals surface area (Å²) in [6, 6.07) is 15.4. The van der Waals surface area contributed by atoms with Crippen molar-refractivity contribution in [2.45, 2.75) is 63.9 Å². The zero-order valence-corrected chi connectivity index (χ0v) is 23.1.